The molecule has 0 amide bonds. The standard InChI is InChI=1S/C8H10ClF6IN2O4S2/c9-3-1-5(17-23(19,20)7(10,11)12)6(2-4(3)16)18-24(21,22)8(13,14)15/h3-6,17-18H,1-2H2. The molecule has 4 atom stereocenters. The van der Waals surface area contributed by atoms with E-state index < -0.39 is 65.3 Å². The molecule has 1 rings (SSSR count). The van der Waals surface area contributed by atoms with Crippen LogP contribution in [0.4, 0.5) is 26.3 Å². The van der Waals surface area contributed by atoms with Crippen LogP contribution in [-0.4, -0.2) is 49.2 Å². The average molecular weight is 539 g/mol. The fraction of sp³-hybridized carbons (Fsp3) is 1.00. The summed E-state index contributed by atoms with van der Waals surface area (Å²) in [5.74, 6) is 0. The number of sulfonamides is 2. The number of hydrogen-bond donors (Lipinski definition) is 2. The summed E-state index contributed by atoms with van der Waals surface area (Å²) < 4.78 is 121. The van der Waals surface area contributed by atoms with Crippen molar-refractivity contribution in [2.45, 2.75) is 45.2 Å². The molecule has 0 aromatic rings. The zero-order valence-corrected chi connectivity index (χ0v) is 15.7. The maximum atomic E-state index is 12.4. The Kier molecular flexibility index (Phi) is 6.74. The van der Waals surface area contributed by atoms with Gasteiger partial charge in [0, 0.05) is 21.4 Å². The predicted octanol–water partition coefficient (Wildman–Crippen LogP) is 1.81. The molecule has 0 spiro atoms. The lowest BCUT2D eigenvalue weighted by molar-refractivity contribution is -0.0467. The fourth-order valence-corrected chi connectivity index (χ4v) is 4.62. The second-order valence-electron chi connectivity index (χ2n) is 4.85. The number of alkyl halides is 8. The van der Waals surface area contributed by atoms with Crippen molar-refractivity contribution in [1.29, 1.82) is 0 Å². The van der Waals surface area contributed by atoms with E-state index in [1.165, 1.54) is 9.44 Å². The Labute approximate surface area is 151 Å². The third-order valence-electron chi connectivity index (χ3n) is 3.06. The number of nitrogens with one attached hydrogen (secondary N) is 2. The molecule has 1 fully saturated rings. The van der Waals surface area contributed by atoms with Gasteiger partial charge in [0.15, 0.2) is 0 Å². The van der Waals surface area contributed by atoms with Crippen molar-refractivity contribution in [1.82, 2.24) is 9.44 Å². The largest absolute Gasteiger partial charge is 0.511 e. The Morgan fingerprint density at radius 2 is 1.17 bits per heavy atom. The maximum absolute atomic E-state index is 12.4. The van der Waals surface area contributed by atoms with Crippen LogP contribution in [-0.2, 0) is 20.0 Å². The van der Waals surface area contributed by atoms with E-state index in [-0.39, 0.29) is 0 Å². The van der Waals surface area contributed by atoms with Crippen LogP contribution < -0.4 is 9.44 Å². The smallest absolute Gasteiger partial charge is 0.203 e. The molecule has 0 aromatic carbocycles. The molecule has 1 aliphatic carbocycles. The highest BCUT2D eigenvalue weighted by Crippen LogP contribution is 2.33. The Balaban J connectivity index is 3.10. The van der Waals surface area contributed by atoms with Crippen LogP contribution in [0.3, 0.4) is 0 Å². The fourth-order valence-electron chi connectivity index (χ4n) is 1.90. The summed E-state index contributed by atoms with van der Waals surface area (Å²) in [6.07, 6.45) is -0.884. The molecule has 0 heterocycles. The SMILES string of the molecule is O=S(=O)(NC1CC(Cl)C(I)CC1NS(=O)(=O)C(F)(F)F)C(F)(F)F. The first kappa shape index (κ1) is 22.5. The summed E-state index contributed by atoms with van der Waals surface area (Å²) in [6, 6.07) is -3.53. The molecule has 24 heavy (non-hydrogen) atoms. The van der Waals surface area contributed by atoms with Crippen LogP contribution in [0.25, 0.3) is 0 Å². The van der Waals surface area contributed by atoms with Gasteiger partial charge in [-0.05, 0) is 12.8 Å². The first-order valence-electron chi connectivity index (χ1n) is 5.93. The van der Waals surface area contributed by atoms with Crippen molar-refractivity contribution < 1.29 is 43.2 Å². The van der Waals surface area contributed by atoms with Crippen molar-refractivity contribution in [3.8, 4) is 0 Å². The van der Waals surface area contributed by atoms with Crippen molar-refractivity contribution in [2.24, 2.45) is 0 Å². The number of halogens is 8. The van der Waals surface area contributed by atoms with Gasteiger partial charge in [-0.15, -0.1) is 11.6 Å². The lowest BCUT2D eigenvalue weighted by atomic mass is 9.91. The molecule has 1 aliphatic rings. The van der Waals surface area contributed by atoms with Gasteiger partial charge in [0.25, 0.3) is 0 Å². The van der Waals surface area contributed by atoms with Crippen LogP contribution in [0.5, 0.6) is 0 Å². The molecule has 0 saturated heterocycles. The Morgan fingerprint density at radius 1 is 0.833 bits per heavy atom. The second-order valence-corrected chi connectivity index (χ2v) is 10.4. The number of hydrogen-bond acceptors (Lipinski definition) is 4. The minimum absolute atomic E-state index is 0.394. The van der Waals surface area contributed by atoms with Gasteiger partial charge < -0.3 is 0 Å². The van der Waals surface area contributed by atoms with Gasteiger partial charge in [-0.1, -0.05) is 22.6 Å². The third kappa shape index (κ3) is 5.21. The minimum Gasteiger partial charge on any atom is -0.203 e. The zero-order valence-electron chi connectivity index (χ0n) is 11.2. The molecule has 4 unspecified atom stereocenters. The van der Waals surface area contributed by atoms with Crippen LogP contribution in [0.2, 0.25) is 0 Å². The highest BCUT2D eigenvalue weighted by molar-refractivity contribution is 14.1. The molecular formula is C8H10ClF6IN2O4S2. The van der Waals surface area contributed by atoms with E-state index in [2.05, 4.69) is 0 Å². The summed E-state index contributed by atoms with van der Waals surface area (Å²) >= 11 is 7.49. The molecule has 6 nitrogen and oxygen atoms in total. The minimum atomic E-state index is -5.89. The first-order chi connectivity index (χ1) is 10.5. The van der Waals surface area contributed by atoms with E-state index in [0.29, 0.717) is 0 Å². The summed E-state index contributed by atoms with van der Waals surface area (Å²) in [7, 11) is -11.8. The summed E-state index contributed by atoms with van der Waals surface area (Å²) in [4.78, 5) is 0. The monoisotopic (exact) mass is 538 g/mol. The van der Waals surface area contributed by atoms with Crippen LogP contribution >= 0.6 is 34.2 Å². The summed E-state index contributed by atoms with van der Waals surface area (Å²) in [6.45, 7) is 0. The molecule has 16 heteroatoms. The average Bonchev–Trinajstić information content (AvgIpc) is 2.31. The first-order valence-corrected chi connectivity index (χ1v) is 10.6. The van der Waals surface area contributed by atoms with Crippen LogP contribution in [0, 0.1) is 0 Å². The van der Waals surface area contributed by atoms with Crippen LogP contribution in [0.1, 0.15) is 12.8 Å². The summed E-state index contributed by atoms with van der Waals surface area (Å²) in [5.41, 5.74) is -11.4. The lowest BCUT2D eigenvalue weighted by Crippen LogP contribution is -2.59. The van der Waals surface area contributed by atoms with E-state index in [1.807, 2.05) is 0 Å². The Hall–Kier alpha value is 0.420. The van der Waals surface area contributed by atoms with Crippen LogP contribution in [0.15, 0.2) is 0 Å². The van der Waals surface area contributed by atoms with Gasteiger partial charge in [0.2, 0.25) is 0 Å². The van der Waals surface area contributed by atoms with Gasteiger partial charge >= 0.3 is 31.1 Å². The van der Waals surface area contributed by atoms with E-state index in [4.69, 9.17) is 11.6 Å². The van der Waals surface area contributed by atoms with Gasteiger partial charge in [-0.2, -0.15) is 26.3 Å². The van der Waals surface area contributed by atoms with Crippen molar-refractivity contribution >= 4 is 54.2 Å². The highest BCUT2D eigenvalue weighted by atomic mass is 127. The molecule has 1 saturated carbocycles. The van der Waals surface area contributed by atoms with Crippen molar-refractivity contribution in [2.75, 3.05) is 0 Å². The van der Waals surface area contributed by atoms with Gasteiger partial charge in [0.1, 0.15) is 0 Å². The van der Waals surface area contributed by atoms with E-state index >= 15 is 0 Å². The molecule has 2 N–H and O–H groups in total. The van der Waals surface area contributed by atoms with Crippen molar-refractivity contribution in [3.63, 3.8) is 0 Å². The van der Waals surface area contributed by atoms with E-state index in [0.717, 1.165) is 0 Å². The van der Waals surface area contributed by atoms with E-state index in [1.54, 1.807) is 22.6 Å². The lowest BCUT2D eigenvalue weighted by Gasteiger charge is -2.37. The Bertz CT molecular complexity index is 609. The third-order valence-corrected chi connectivity index (χ3v) is 7.79. The predicted molar refractivity (Wildman–Crippen MR) is 80.5 cm³/mol. The molecule has 0 aromatic heterocycles. The quantitative estimate of drug-likeness (QED) is 0.325. The zero-order chi connectivity index (χ0) is 19.1. The van der Waals surface area contributed by atoms with E-state index in [9.17, 15) is 43.2 Å². The normalized spacial score (nSPS) is 30.3. The van der Waals surface area contributed by atoms with Gasteiger partial charge in [0.05, 0.1) is 0 Å². The van der Waals surface area contributed by atoms with Gasteiger partial charge in [-0.25, -0.2) is 26.3 Å². The molecule has 0 aliphatic heterocycles. The second kappa shape index (κ2) is 7.21. The summed E-state index contributed by atoms with van der Waals surface area (Å²) in [5, 5.41) is -0.863. The maximum Gasteiger partial charge on any atom is 0.511 e. The topological polar surface area (TPSA) is 92.3 Å². The molecule has 144 valence electrons. The molecular weight excluding hydrogens is 529 g/mol. The molecule has 0 bridgehead atoms. The number of rotatable bonds is 4. The Morgan fingerprint density at radius 3 is 1.50 bits per heavy atom. The van der Waals surface area contributed by atoms with Crippen molar-refractivity contribution in [3.05, 3.63) is 0 Å². The highest BCUT2D eigenvalue weighted by Gasteiger charge is 2.52. The van der Waals surface area contributed by atoms with Gasteiger partial charge in [-0.3, -0.25) is 0 Å². The molecule has 0 radical (unpaired) electrons.